The number of aromatic nitrogens is 2. The number of carbonyl (C=O) groups is 1. The van der Waals surface area contributed by atoms with Gasteiger partial charge in [0.05, 0.1) is 5.52 Å². The normalized spacial score (nSPS) is 10.7. The third-order valence-corrected chi connectivity index (χ3v) is 4.82. The summed E-state index contributed by atoms with van der Waals surface area (Å²) >= 11 is 1.59. The van der Waals surface area contributed by atoms with Crippen molar-refractivity contribution in [2.24, 2.45) is 0 Å². The van der Waals surface area contributed by atoms with E-state index in [-0.39, 0.29) is 5.91 Å². The van der Waals surface area contributed by atoms with Crippen LogP contribution in [0, 0.1) is 0 Å². The minimum absolute atomic E-state index is 0.0114. The quantitative estimate of drug-likeness (QED) is 0.527. The first-order valence-electron chi connectivity index (χ1n) is 8.52. The topological polar surface area (TPSA) is 58.1 Å². The van der Waals surface area contributed by atoms with E-state index in [1.165, 1.54) is 0 Å². The van der Waals surface area contributed by atoms with E-state index < -0.39 is 0 Å². The summed E-state index contributed by atoms with van der Waals surface area (Å²) in [6.45, 7) is 2.87. The molecule has 26 heavy (non-hydrogen) atoms. The summed E-state index contributed by atoms with van der Waals surface area (Å²) in [6.07, 6.45) is 0. The molecule has 2 aromatic carbocycles. The maximum atomic E-state index is 12.0. The number of amides is 1. The zero-order valence-electron chi connectivity index (χ0n) is 15.2. The highest BCUT2D eigenvalue weighted by atomic mass is 32.2. The second kappa shape index (κ2) is 8.19. The Bertz CT molecular complexity index is 909. The lowest BCUT2D eigenvalue weighted by Gasteiger charge is -2.11. The van der Waals surface area contributed by atoms with Crippen LogP contribution >= 0.6 is 11.8 Å². The first kappa shape index (κ1) is 18.2. The van der Waals surface area contributed by atoms with Gasteiger partial charge in [-0.25, -0.2) is 9.97 Å². The van der Waals surface area contributed by atoms with E-state index in [1.807, 2.05) is 48.5 Å². The number of rotatable bonds is 6. The third-order valence-electron chi connectivity index (χ3n) is 3.90. The lowest BCUT2D eigenvalue weighted by atomic mass is 10.1. The number of hydrogen-bond acceptors (Lipinski definition) is 5. The summed E-state index contributed by atoms with van der Waals surface area (Å²) < 4.78 is 0. The molecule has 0 aliphatic heterocycles. The van der Waals surface area contributed by atoms with Crippen molar-refractivity contribution in [2.45, 2.75) is 17.8 Å². The highest BCUT2D eigenvalue weighted by Crippen LogP contribution is 2.26. The molecule has 3 rings (SSSR count). The zero-order valence-corrected chi connectivity index (χ0v) is 16.0. The van der Waals surface area contributed by atoms with Gasteiger partial charge < -0.3 is 10.2 Å². The average molecular weight is 366 g/mol. The predicted octanol–water partition coefficient (Wildman–Crippen LogP) is 4.06. The number of carbonyl (C=O) groups excluding carboxylic acids is 1. The van der Waals surface area contributed by atoms with Crippen molar-refractivity contribution in [2.75, 3.05) is 26.0 Å². The van der Waals surface area contributed by atoms with Crippen LogP contribution in [0.5, 0.6) is 0 Å². The van der Waals surface area contributed by atoms with Crippen LogP contribution in [0.15, 0.2) is 53.7 Å². The molecule has 1 amide bonds. The number of fused-ring (bicyclic) bond motifs is 1. The molecule has 0 aliphatic rings. The minimum atomic E-state index is 0.0114. The van der Waals surface area contributed by atoms with Gasteiger partial charge in [-0.1, -0.05) is 36.0 Å². The number of anilines is 1. The van der Waals surface area contributed by atoms with Crippen molar-refractivity contribution in [3.8, 4) is 0 Å². The Balaban J connectivity index is 1.76. The van der Waals surface area contributed by atoms with Crippen molar-refractivity contribution in [1.82, 2.24) is 14.9 Å². The monoisotopic (exact) mass is 366 g/mol. The molecule has 3 aromatic rings. The minimum Gasteiger partial charge on any atom is -0.370 e. The van der Waals surface area contributed by atoms with Gasteiger partial charge in [0.15, 0.2) is 5.16 Å². The van der Waals surface area contributed by atoms with Gasteiger partial charge in [-0.3, -0.25) is 4.79 Å². The largest absolute Gasteiger partial charge is 0.370 e. The van der Waals surface area contributed by atoms with Gasteiger partial charge in [0.2, 0.25) is 0 Å². The molecule has 0 saturated carbocycles. The molecule has 0 saturated heterocycles. The van der Waals surface area contributed by atoms with E-state index in [4.69, 9.17) is 0 Å². The molecular formula is C20H22N4OS. The van der Waals surface area contributed by atoms with Gasteiger partial charge in [-0.15, -0.1) is 0 Å². The molecule has 0 unspecified atom stereocenters. The Morgan fingerprint density at radius 3 is 2.50 bits per heavy atom. The molecule has 0 fully saturated rings. The fourth-order valence-corrected chi connectivity index (χ4v) is 3.38. The van der Waals surface area contributed by atoms with Crippen molar-refractivity contribution in [3.05, 3.63) is 59.7 Å². The van der Waals surface area contributed by atoms with Crippen molar-refractivity contribution in [1.29, 1.82) is 0 Å². The van der Waals surface area contributed by atoms with E-state index in [2.05, 4.69) is 22.2 Å². The molecule has 1 aromatic heterocycles. The molecule has 0 bridgehead atoms. The van der Waals surface area contributed by atoms with E-state index >= 15 is 0 Å². The smallest absolute Gasteiger partial charge is 0.253 e. The number of hydrogen-bond donors (Lipinski definition) is 1. The number of para-hydroxylation sites is 1. The highest BCUT2D eigenvalue weighted by molar-refractivity contribution is 7.98. The number of nitrogens with zero attached hydrogens (tertiary/aromatic N) is 3. The van der Waals surface area contributed by atoms with Gasteiger partial charge >= 0.3 is 0 Å². The van der Waals surface area contributed by atoms with Crippen LogP contribution in [0.25, 0.3) is 10.9 Å². The predicted molar refractivity (Wildman–Crippen MR) is 108 cm³/mol. The third kappa shape index (κ3) is 4.14. The summed E-state index contributed by atoms with van der Waals surface area (Å²) in [4.78, 5) is 22.8. The number of nitrogens with one attached hydrogen (secondary N) is 1. The second-order valence-corrected chi connectivity index (χ2v) is 7.03. The van der Waals surface area contributed by atoms with Gasteiger partial charge in [0, 0.05) is 37.3 Å². The highest BCUT2D eigenvalue weighted by Gasteiger charge is 2.09. The van der Waals surface area contributed by atoms with Crippen LogP contribution in [0.2, 0.25) is 0 Å². The molecular weight excluding hydrogens is 344 g/mol. The first-order valence-corrected chi connectivity index (χ1v) is 9.51. The molecule has 0 radical (unpaired) electrons. The maximum absolute atomic E-state index is 12.0. The fraction of sp³-hybridized carbons (Fsp3) is 0.250. The Morgan fingerprint density at radius 1 is 1.08 bits per heavy atom. The molecule has 6 heteroatoms. The van der Waals surface area contributed by atoms with Crippen LogP contribution in [0.1, 0.15) is 22.8 Å². The molecule has 134 valence electrons. The average Bonchev–Trinajstić information content (AvgIpc) is 2.66. The fourth-order valence-electron chi connectivity index (χ4n) is 2.57. The molecule has 1 heterocycles. The van der Waals surface area contributed by atoms with Crippen LogP contribution in [0.3, 0.4) is 0 Å². The van der Waals surface area contributed by atoms with Crippen LogP contribution in [0.4, 0.5) is 5.82 Å². The molecule has 0 aliphatic carbocycles. The maximum Gasteiger partial charge on any atom is 0.253 e. The van der Waals surface area contributed by atoms with Crippen LogP contribution < -0.4 is 5.32 Å². The Hall–Kier alpha value is -2.60. The lowest BCUT2D eigenvalue weighted by Crippen LogP contribution is -2.21. The Morgan fingerprint density at radius 2 is 1.81 bits per heavy atom. The standard InChI is InChI=1S/C20H22N4OS/c1-4-21-18-16-7-5-6-8-17(16)22-20(23-18)26-13-14-9-11-15(12-10-14)19(25)24(2)3/h5-12H,4,13H2,1-3H3,(H,21,22,23). The molecule has 0 atom stereocenters. The molecule has 0 spiro atoms. The lowest BCUT2D eigenvalue weighted by molar-refractivity contribution is 0.0827. The summed E-state index contributed by atoms with van der Waals surface area (Å²) in [5.41, 5.74) is 2.76. The number of thioether (sulfide) groups is 1. The second-order valence-electron chi connectivity index (χ2n) is 6.09. The van der Waals surface area contributed by atoms with Crippen molar-refractivity contribution in [3.63, 3.8) is 0 Å². The van der Waals surface area contributed by atoms with Crippen molar-refractivity contribution < 1.29 is 4.79 Å². The summed E-state index contributed by atoms with van der Waals surface area (Å²) in [7, 11) is 3.51. The van der Waals surface area contributed by atoms with E-state index in [9.17, 15) is 4.79 Å². The summed E-state index contributed by atoms with van der Waals surface area (Å²) in [5, 5.41) is 5.09. The SMILES string of the molecule is CCNc1nc(SCc2ccc(C(=O)N(C)C)cc2)nc2ccccc12. The Labute approximate surface area is 157 Å². The summed E-state index contributed by atoms with van der Waals surface area (Å²) in [6, 6.07) is 15.7. The van der Waals surface area contributed by atoms with Crippen LogP contribution in [-0.2, 0) is 5.75 Å². The zero-order chi connectivity index (χ0) is 18.5. The van der Waals surface area contributed by atoms with Gasteiger partial charge in [0.1, 0.15) is 5.82 Å². The van der Waals surface area contributed by atoms with Gasteiger partial charge in [-0.2, -0.15) is 0 Å². The van der Waals surface area contributed by atoms with E-state index in [0.29, 0.717) is 5.56 Å². The van der Waals surface area contributed by atoms with Crippen LogP contribution in [-0.4, -0.2) is 41.4 Å². The molecule has 5 nitrogen and oxygen atoms in total. The Kier molecular flexibility index (Phi) is 5.73. The van der Waals surface area contributed by atoms with Crippen molar-refractivity contribution >= 4 is 34.4 Å². The molecule has 1 N–H and O–H groups in total. The first-order chi connectivity index (χ1) is 12.6. The van der Waals surface area contributed by atoms with Gasteiger partial charge in [0.25, 0.3) is 5.91 Å². The van der Waals surface area contributed by atoms with E-state index in [1.54, 1.807) is 30.8 Å². The van der Waals surface area contributed by atoms with E-state index in [0.717, 1.165) is 39.7 Å². The van der Waals surface area contributed by atoms with Gasteiger partial charge in [-0.05, 0) is 36.8 Å². The summed E-state index contributed by atoms with van der Waals surface area (Å²) in [5.74, 6) is 1.63. The number of benzene rings is 2.